The quantitative estimate of drug-likeness (QED) is 0.732. The van der Waals surface area contributed by atoms with Crippen LogP contribution in [0.25, 0.3) is 0 Å². The molecule has 24 heavy (non-hydrogen) atoms. The summed E-state index contributed by atoms with van der Waals surface area (Å²) >= 11 is 3.42. The highest BCUT2D eigenvalue weighted by Crippen LogP contribution is 2.20. The SMILES string of the molecule is CN(C(=O)c1cc(Nc2cccc(Br)c2)ncn1)c1ccccc1. The van der Waals surface area contributed by atoms with Gasteiger partial charge in [0.2, 0.25) is 0 Å². The van der Waals surface area contributed by atoms with E-state index in [1.165, 1.54) is 6.33 Å². The summed E-state index contributed by atoms with van der Waals surface area (Å²) in [5.41, 5.74) is 2.01. The number of anilines is 3. The third kappa shape index (κ3) is 3.78. The van der Waals surface area contributed by atoms with E-state index >= 15 is 0 Å². The summed E-state index contributed by atoms with van der Waals surface area (Å²) in [5.74, 6) is 0.369. The van der Waals surface area contributed by atoms with E-state index in [2.05, 4.69) is 31.2 Å². The topological polar surface area (TPSA) is 58.1 Å². The number of benzene rings is 2. The number of halogens is 1. The van der Waals surface area contributed by atoms with E-state index in [1.807, 2.05) is 54.6 Å². The highest BCUT2D eigenvalue weighted by Gasteiger charge is 2.15. The Balaban J connectivity index is 1.81. The van der Waals surface area contributed by atoms with Crippen LogP contribution in [0.2, 0.25) is 0 Å². The molecular weight excluding hydrogens is 368 g/mol. The average molecular weight is 383 g/mol. The molecule has 0 bridgehead atoms. The molecule has 0 aliphatic carbocycles. The zero-order chi connectivity index (χ0) is 16.9. The lowest BCUT2D eigenvalue weighted by Gasteiger charge is -2.17. The zero-order valence-electron chi connectivity index (χ0n) is 13.0. The predicted molar refractivity (Wildman–Crippen MR) is 98.6 cm³/mol. The van der Waals surface area contributed by atoms with Crippen molar-refractivity contribution in [2.75, 3.05) is 17.3 Å². The van der Waals surface area contributed by atoms with Crippen molar-refractivity contribution in [3.63, 3.8) is 0 Å². The Morgan fingerprint density at radius 3 is 2.58 bits per heavy atom. The number of aromatic nitrogens is 2. The Morgan fingerprint density at radius 1 is 1.04 bits per heavy atom. The highest BCUT2D eigenvalue weighted by atomic mass is 79.9. The third-order valence-corrected chi connectivity index (χ3v) is 3.92. The number of amides is 1. The summed E-state index contributed by atoms with van der Waals surface area (Å²) in [6.07, 6.45) is 1.38. The van der Waals surface area contributed by atoms with Gasteiger partial charge >= 0.3 is 0 Å². The normalized spacial score (nSPS) is 10.2. The first-order valence-corrected chi connectivity index (χ1v) is 8.10. The van der Waals surface area contributed by atoms with Gasteiger partial charge in [-0.1, -0.05) is 40.2 Å². The van der Waals surface area contributed by atoms with Gasteiger partial charge in [-0.05, 0) is 30.3 Å². The maximum Gasteiger partial charge on any atom is 0.276 e. The molecule has 0 atom stereocenters. The van der Waals surface area contributed by atoms with Crippen LogP contribution in [-0.4, -0.2) is 22.9 Å². The van der Waals surface area contributed by atoms with Gasteiger partial charge in [0, 0.05) is 29.0 Å². The van der Waals surface area contributed by atoms with E-state index in [-0.39, 0.29) is 5.91 Å². The summed E-state index contributed by atoms with van der Waals surface area (Å²) in [6, 6.07) is 18.8. The molecule has 120 valence electrons. The summed E-state index contributed by atoms with van der Waals surface area (Å²) in [4.78, 5) is 22.4. The second-order valence-electron chi connectivity index (χ2n) is 5.12. The second-order valence-corrected chi connectivity index (χ2v) is 6.04. The molecule has 0 aliphatic heterocycles. The number of carbonyl (C=O) groups excluding carboxylic acids is 1. The molecule has 0 saturated heterocycles. The molecule has 2 aromatic carbocycles. The summed E-state index contributed by atoms with van der Waals surface area (Å²) in [5, 5.41) is 3.17. The monoisotopic (exact) mass is 382 g/mol. The first kappa shape index (κ1) is 16.1. The third-order valence-electron chi connectivity index (χ3n) is 3.43. The van der Waals surface area contributed by atoms with Gasteiger partial charge in [-0.3, -0.25) is 4.79 Å². The lowest BCUT2D eigenvalue weighted by atomic mass is 10.2. The Labute approximate surface area is 148 Å². The van der Waals surface area contributed by atoms with Gasteiger partial charge in [0.1, 0.15) is 17.8 Å². The van der Waals surface area contributed by atoms with E-state index in [1.54, 1.807) is 18.0 Å². The van der Waals surface area contributed by atoms with Crippen LogP contribution in [0.4, 0.5) is 17.2 Å². The van der Waals surface area contributed by atoms with Crippen molar-refractivity contribution in [2.24, 2.45) is 0 Å². The van der Waals surface area contributed by atoms with Crippen molar-refractivity contribution in [3.8, 4) is 0 Å². The lowest BCUT2D eigenvalue weighted by molar-refractivity contribution is 0.0988. The molecule has 0 unspecified atom stereocenters. The molecule has 1 aromatic heterocycles. The van der Waals surface area contributed by atoms with Crippen LogP contribution in [0.1, 0.15) is 10.5 Å². The zero-order valence-corrected chi connectivity index (χ0v) is 14.6. The van der Waals surface area contributed by atoms with Crippen LogP contribution < -0.4 is 10.2 Å². The van der Waals surface area contributed by atoms with Crippen molar-refractivity contribution < 1.29 is 4.79 Å². The molecule has 5 nitrogen and oxygen atoms in total. The van der Waals surface area contributed by atoms with Crippen molar-refractivity contribution in [1.29, 1.82) is 0 Å². The van der Waals surface area contributed by atoms with Gasteiger partial charge in [0.25, 0.3) is 5.91 Å². The number of para-hydroxylation sites is 1. The van der Waals surface area contributed by atoms with Crippen LogP contribution in [0.3, 0.4) is 0 Å². The maximum atomic E-state index is 12.6. The van der Waals surface area contributed by atoms with Crippen LogP contribution >= 0.6 is 15.9 Å². The fraction of sp³-hybridized carbons (Fsp3) is 0.0556. The molecule has 3 aromatic rings. The number of hydrogen-bond donors (Lipinski definition) is 1. The largest absolute Gasteiger partial charge is 0.340 e. The highest BCUT2D eigenvalue weighted by molar-refractivity contribution is 9.10. The Bertz CT molecular complexity index is 854. The van der Waals surface area contributed by atoms with Crippen molar-refractivity contribution in [1.82, 2.24) is 9.97 Å². The first-order chi connectivity index (χ1) is 11.6. The maximum absolute atomic E-state index is 12.6. The van der Waals surface area contributed by atoms with Crippen LogP contribution in [0.15, 0.2) is 71.5 Å². The van der Waals surface area contributed by atoms with Crippen molar-refractivity contribution in [2.45, 2.75) is 0 Å². The van der Waals surface area contributed by atoms with Gasteiger partial charge in [-0.2, -0.15) is 0 Å². The molecule has 0 spiro atoms. The van der Waals surface area contributed by atoms with Gasteiger partial charge in [-0.15, -0.1) is 0 Å². The number of nitrogens with one attached hydrogen (secondary N) is 1. The van der Waals surface area contributed by atoms with Gasteiger partial charge < -0.3 is 10.2 Å². The number of hydrogen-bond acceptors (Lipinski definition) is 4. The molecule has 0 fully saturated rings. The standard InChI is InChI=1S/C18H15BrN4O/c1-23(15-8-3-2-4-9-15)18(24)16-11-17(21-12-20-16)22-14-7-5-6-13(19)10-14/h2-12H,1H3,(H,20,21,22). The number of nitrogens with zero attached hydrogens (tertiary/aromatic N) is 3. The van der Waals surface area contributed by atoms with Crippen LogP contribution in [-0.2, 0) is 0 Å². The minimum absolute atomic E-state index is 0.194. The van der Waals surface area contributed by atoms with E-state index in [0.29, 0.717) is 11.5 Å². The van der Waals surface area contributed by atoms with E-state index < -0.39 is 0 Å². The minimum atomic E-state index is -0.194. The van der Waals surface area contributed by atoms with E-state index in [9.17, 15) is 4.79 Å². The van der Waals surface area contributed by atoms with Crippen LogP contribution in [0.5, 0.6) is 0 Å². The molecule has 3 rings (SSSR count). The minimum Gasteiger partial charge on any atom is -0.340 e. The fourth-order valence-electron chi connectivity index (χ4n) is 2.20. The molecule has 0 saturated carbocycles. The first-order valence-electron chi connectivity index (χ1n) is 7.31. The Morgan fingerprint density at radius 2 is 1.83 bits per heavy atom. The molecule has 0 aliphatic rings. The molecule has 1 heterocycles. The average Bonchev–Trinajstić information content (AvgIpc) is 2.61. The Hall–Kier alpha value is -2.73. The molecule has 0 radical (unpaired) electrons. The number of carbonyl (C=O) groups is 1. The summed E-state index contributed by atoms with van der Waals surface area (Å²) in [7, 11) is 1.72. The van der Waals surface area contributed by atoms with Crippen LogP contribution in [0, 0.1) is 0 Å². The number of rotatable bonds is 4. The van der Waals surface area contributed by atoms with E-state index in [0.717, 1.165) is 15.8 Å². The molecule has 1 amide bonds. The fourth-order valence-corrected chi connectivity index (χ4v) is 2.60. The van der Waals surface area contributed by atoms with Gasteiger partial charge in [-0.25, -0.2) is 9.97 Å². The lowest BCUT2D eigenvalue weighted by Crippen LogP contribution is -2.27. The smallest absolute Gasteiger partial charge is 0.276 e. The molecule has 1 N–H and O–H groups in total. The van der Waals surface area contributed by atoms with Gasteiger partial charge in [0.15, 0.2) is 0 Å². The van der Waals surface area contributed by atoms with Crippen molar-refractivity contribution >= 4 is 39.0 Å². The van der Waals surface area contributed by atoms with E-state index in [4.69, 9.17) is 0 Å². The predicted octanol–water partition coefficient (Wildman–Crippen LogP) is 4.26. The van der Waals surface area contributed by atoms with Gasteiger partial charge in [0.05, 0.1) is 0 Å². The van der Waals surface area contributed by atoms with Crippen molar-refractivity contribution in [3.05, 3.63) is 77.2 Å². The molecular formula is C18H15BrN4O. The summed E-state index contributed by atoms with van der Waals surface area (Å²) < 4.78 is 0.960. The Kier molecular flexibility index (Phi) is 4.86. The second kappa shape index (κ2) is 7.23. The molecule has 6 heteroatoms. The summed E-state index contributed by atoms with van der Waals surface area (Å²) in [6.45, 7) is 0.